The summed E-state index contributed by atoms with van der Waals surface area (Å²) in [6, 6.07) is 7.76. The number of hydrogen-bond acceptors (Lipinski definition) is 4. The van der Waals surface area contributed by atoms with Crippen molar-refractivity contribution in [3.8, 4) is 0 Å². The van der Waals surface area contributed by atoms with Crippen LogP contribution in [0, 0.1) is 0 Å². The van der Waals surface area contributed by atoms with Gasteiger partial charge in [-0.1, -0.05) is 60.8 Å². The molecule has 0 aliphatic rings. The number of oxime groups is 2. The van der Waals surface area contributed by atoms with E-state index in [0.29, 0.717) is 0 Å². The zero-order valence-corrected chi connectivity index (χ0v) is 10.7. The molecular weight excluding hydrogens is 228 g/mol. The fourth-order valence-electron chi connectivity index (χ4n) is 1.81. The Hall–Kier alpha value is -1.84. The van der Waals surface area contributed by atoms with Gasteiger partial charge in [-0.3, -0.25) is 0 Å². The molecule has 0 heterocycles. The van der Waals surface area contributed by atoms with E-state index in [1.165, 1.54) is 31.2 Å². The summed E-state index contributed by atoms with van der Waals surface area (Å²) in [4.78, 5) is 0. The third kappa shape index (κ3) is 4.57. The van der Waals surface area contributed by atoms with Crippen LogP contribution >= 0.6 is 0 Å². The zero-order chi connectivity index (χ0) is 13.2. The molecule has 0 saturated carbocycles. The van der Waals surface area contributed by atoms with Crippen LogP contribution in [0.2, 0.25) is 0 Å². The van der Waals surface area contributed by atoms with Gasteiger partial charge in [0.05, 0.1) is 6.21 Å². The fourth-order valence-corrected chi connectivity index (χ4v) is 1.81. The van der Waals surface area contributed by atoms with E-state index in [4.69, 9.17) is 10.4 Å². The normalized spacial score (nSPS) is 12.2. The number of hydrogen-bond donors (Lipinski definition) is 2. The summed E-state index contributed by atoms with van der Waals surface area (Å²) in [6.07, 6.45) is 7.17. The summed E-state index contributed by atoms with van der Waals surface area (Å²) in [5.74, 6) is 0. The minimum absolute atomic E-state index is 0.245. The van der Waals surface area contributed by atoms with Crippen LogP contribution in [0.5, 0.6) is 0 Å². The highest BCUT2D eigenvalue weighted by Gasteiger charge is 2.01. The second-order valence-electron chi connectivity index (χ2n) is 4.24. The third-order valence-electron chi connectivity index (χ3n) is 2.86. The number of aryl methyl sites for hydroxylation is 1. The Morgan fingerprint density at radius 2 is 1.83 bits per heavy atom. The molecule has 0 unspecified atom stereocenters. The highest BCUT2D eigenvalue weighted by Crippen LogP contribution is 2.10. The monoisotopic (exact) mass is 248 g/mol. The molecule has 1 aromatic rings. The standard InChI is InChI=1S/C14H20N2O2/c1-2-3-4-5-6-12-7-9-13(10-8-12)14(16-18)11-15-17/h7-11,17-18H,2-6H2,1H3/b15-11+,16-14-. The summed E-state index contributed by atoms with van der Waals surface area (Å²) in [6.45, 7) is 2.20. The lowest BCUT2D eigenvalue weighted by Gasteiger charge is -2.03. The summed E-state index contributed by atoms with van der Waals surface area (Å²) in [5, 5.41) is 23.1. The molecule has 0 aromatic heterocycles. The van der Waals surface area contributed by atoms with Gasteiger partial charge in [0, 0.05) is 5.56 Å². The average Bonchev–Trinajstić information content (AvgIpc) is 2.42. The topological polar surface area (TPSA) is 65.2 Å². The Kier molecular flexibility index (Phi) is 6.54. The van der Waals surface area contributed by atoms with Gasteiger partial charge in [-0.05, 0) is 18.4 Å². The first-order valence-corrected chi connectivity index (χ1v) is 6.30. The van der Waals surface area contributed by atoms with Crippen LogP contribution in [-0.2, 0) is 6.42 Å². The van der Waals surface area contributed by atoms with Gasteiger partial charge in [-0.2, -0.15) is 0 Å². The maximum absolute atomic E-state index is 8.77. The molecule has 0 saturated heterocycles. The Bertz CT molecular complexity index is 397. The van der Waals surface area contributed by atoms with Gasteiger partial charge in [-0.15, -0.1) is 0 Å². The summed E-state index contributed by atoms with van der Waals surface area (Å²) < 4.78 is 0. The second kappa shape index (κ2) is 8.28. The first kappa shape index (κ1) is 14.2. The predicted molar refractivity (Wildman–Crippen MR) is 72.9 cm³/mol. The first-order valence-electron chi connectivity index (χ1n) is 6.30. The number of benzene rings is 1. The highest BCUT2D eigenvalue weighted by molar-refractivity contribution is 6.37. The Morgan fingerprint density at radius 1 is 1.11 bits per heavy atom. The fraction of sp³-hybridized carbons (Fsp3) is 0.429. The molecule has 0 bridgehead atoms. The van der Waals surface area contributed by atoms with Crippen molar-refractivity contribution in [1.29, 1.82) is 0 Å². The molecule has 0 atom stereocenters. The van der Waals surface area contributed by atoms with Crippen LogP contribution in [-0.4, -0.2) is 22.3 Å². The summed E-state index contributed by atoms with van der Waals surface area (Å²) in [5.41, 5.74) is 2.25. The molecule has 1 rings (SSSR count). The molecular formula is C14H20N2O2. The van der Waals surface area contributed by atoms with E-state index in [0.717, 1.165) is 18.2 Å². The minimum atomic E-state index is 0.245. The lowest BCUT2D eigenvalue weighted by Crippen LogP contribution is -2.02. The summed E-state index contributed by atoms with van der Waals surface area (Å²) >= 11 is 0. The van der Waals surface area contributed by atoms with E-state index in [-0.39, 0.29) is 5.71 Å². The largest absolute Gasteiger partial charge is 0.411 e. The zero-order valence-electron chi connectivity index (χ0n) is 10.7. The number of unbranched alkanes of at least 4 members (excludes halogenated alkanes) is 3. The van der Waals surface area contributed by atoms with Crippen LogP contribution in [0.25, 0.3) is 0 Å². The van der Waals surface area contributed by atoms with Crippen LogP contribution in [0.3, 0.4) is 0 Å². The molecule has 0 radical (unpaired) electrons. The maximum Gasteiger partial charge on any atom is 0.131 e. The smallest absolute Gasteiger partial charge is 0.131 e. The molecule has 0 aliphatic heterocycles. The van der Waals surface area contributed by atoms with Gasteiger partial charge in [0.2, 0.25) is 0 Å². The van der Waals surface area contributed by atoms with E-state index >= 15 is 0 Å². The van der Waals surface area contributed by atoms with Gasteiger partial charge in [-0.25, -0.2) is 0 Å². The predicted octanol–water partition coefficient (Wildman–Crippen LogP) is 3.45. The molecule has 0 spiro atoms. The van der Waals surface area contributed by atoms with Crippen molar-refractivity contribution in [2.45, 2.75) is 39.0 Å². The van der Waals surface area contributed by atoms with Gasteiger partial charge in [0.15, 0.2) is 0 Å². The van der Waals surface area contributed by atoms with Crippen LogP contribution in [0.1, 0.15) is 43.7 Å². The van der Waals surface area contributed by atoms with Crippen LogP contribution in [0.4, 0.5) is 0 Å². The second-order valence-corrected chi connectivity index (χ2v) is 4.24. The molecule has 18 heavy (non-hydrogen) atoms. The van der Waals surface area contributed by atoms with Crippen LogP contribution < -0.4 is 0 Å². The van der Waals surface area contributed by atoms with Crippen molar-refractivity contribution in [1.82, 2.24) is 0 Å². The van der Waals surface area contributed by atoms with E-state index < -0.39 is 0 Å². The maximum atomic E-state index is 8.77. The Labute approximate surface area is 108 Å². The highest BCUT2D eigenvalue weighted by atomic mass is 16.4. The quantitative estimate of drug-likeness (QED) is 0.336. The molecule has 0 fully saturated rings. The minimum Gasteiger partial charge on any atom is -0.411 e. The molecule has 1 aromatic carbocycles. The molecule has 4 nitrogen and oxygen atoms in total. The molecule has 98 valence electrons. The SMILES string of the molecule is CCCCCCc1ccc(C(/C=N/O)=N\O)cc1. The van der Waals surface area contributed by atoms with E-state index in [1.807, 2.05) is 24.3 Å². The Morgan fingerprint density at radius 3 is 2.39 bits per heavy atom. The van der Waals surface area contributed by atoms with Crippen molar-refractivity contribution in [2.24, 2.45) is 10.3 Å². The molecule has 0 amide bonds. The molecule has 0 aliphatic carbocycles. The summed E-state index contributed by atoms with van der Waals surface area (Å²) in [7, 11) is 0. The van der Waals surface area contributed by atoms with Crippen molar-refractivity contribution >= 4 is 11.9 Å². The molecule has 4 heteroatoms. The van der Waals surface area contributed by atoms with Crippen LogP contribution in [0.15, 0.2) is 34.6 Å². The molecule has 2 N–H and O–H groups in total. The van der Waals surface area contributed by atoms with E-state index in [1.54, 1.807) is 0 Å². The number of nitrogens with zero attached hydrogens (tertiary/aromatic N) is 2. The van der Waals surface area contributed by atoms with Crippen molar-refractivity contribution < 1.29 is 10.4 Å². The van der Waals surface area contributed by atoms with Gasteiger partial charge in [0.25, 0.3) is 0 Å². The van der Waals surface area contributed by atoms with Gasteiger partial charge in [0.1, 0.15) is 5.71 Å². The lowest BCUT2D eigenvalue weighted by molar-refractivity contribution is 0.316. The van der Waals surface area contributed by atoms with Crippen molar-refractivity contribution in [3.63, 3.8) is 0 Å². The van der Waals surface area contributed by atoms with E-state index in [2.05, 4.69) is 17.2 Å². The average molecular weight is 248 g/mol. The third-order valence-corrected chi connectivity index (χ3v) is 2.86. The van der Waals surface area contributed by atoms with Gasteiger partial charge < -0.3 is 10.4 Å². The Balaban J connectivity index is 2.57. The van der Waals surface area contributed by atoms with Gasteiger partial charge >= 0.3 is 0 Å². The van der Waals surface area contributed by atoms with E-state index in [9.17, 15) is 0 Å². The number of rotatable bonds is 7. The lowest BCUT2D eigenvalue weighted by atomic mass is 10.0. The van der Waals surface area contributed by atoms with Crippen molar-refractivity contribution in [3.05, 3.63) is 35.4 Å². The van der Waals surface area contributed by atoms with Crippen molar-refractivity contribution in [2.75, 3.05) is 0 Å². The first-order chi connectivity index (χ1) is 8.81.